The van der Waals surface area contributed by atoms with Gasteiger partial charge in [-0.05, 0) is 44.0 Å². The van der Waals surface area contributed by atoms with Gasteiger partial charge >= 0.3 is 0 Å². The first kappa shape index (κ1) is 19.6. The molecule has 3 heterocycles. The Morgan fingerprint density at radius 2 is 1.87 bits per heavy atom. The van der Waals surface area contributed by atoms with Gasteiger partial charge in [-0.3, -0.25) is 0 Å². The number of benzene rings is 2. The monoisotopic (exact) mass is 431 g/mol. The molecule has 5 nitrogen and oxygen atoms in total. The number of rotatable bonds is 6. The maximum absolute atomic E-state index is 13.2. The van der Waals surface area contributed by atoms with E-state index in [1.807, 2.05) is 30.6 Å². The number of imidazole rings is 1. The second-order valence-corrected chi connectivity index (χ2v) is 8.67. The first-order valence-electron chi connectivity index (χ1n) is 10.3. The van der Waals surface area contributed by atoms with Crippen molar-refractivity contribution in [1.82, 2.24) is 19.5 Å². The van der Waals surface area contributed by atoms with Gasteiger partial charge in [-0.15, -0.1) is 11.3 Å². The number of thiophene rings is 1. The van der Waals surface area contributed by atoms with Crippen molar-refractivity contribution in [3.05, 3.63) is 71.6 Å². The van der Waals surface area contributed by atoms with Crippen LogP contribution in [0.1, 0.15) is 25.5 Å². The largest absolute Gasteiger partial charge is 0.368 e. The number of hydrogen-bond donors (Lipinski definition) is 1. The molecule has 0 atom stereocenters. The minimum absolute atomic E-state index is 0.221. The lowest BCUT2D eigenvalue weighted by Gasteiger charge is -2.11. The molecule has 0 bridgehead atoms. The lowest BCUT2D eigenvalue weighted by molar-refractivity contribution is 0.613. The van der Waals surface area contributed by atoms with Crippen molar-refractivity contribution in [2.45, 2.75) is 26.3 Å². The molecule has 3 aromatic heterocycles. The molecule has 0 amide bonds. The van der Waals surface area contributed by atoms with Crippen molar-refractivity contribution in [2.24, 2.45) is 0 Å². The number of fused-ring (bicyclic) bond motifs is 2. The van der Waals surface area contributed by atoms with Crippen molar-refractivity contribution in [2.75, 3.05) is 11.9 Å². The summed E-state index contributed by atoms with van der Waals surface area (Å²) >= 11 is 1.70. The molecule has 2 aromatic carbocycles. The van der Waals surface area contributed by atoms with E-state index in [9.17, 15) is 4.39 Å². The van der Waals surface area contributed by atoms with Crippen LogP contribution in [0, 0.1) is 5.82 Å². The third-order valence-electron chi connectivity index (χ3n) is 5.32. The van der Waals surface area contributed by atoms with Gasteiger partial charge in [0.15, 0.2) is 17.3 Å². The normalized spacial score (nSPS) is 11.6. The van der Waals surface area contributed by atoms with E-state index in [-0.39, 0.29) is 11.9 Å². The maximum Gasteiger partial charge on any atom is 0.166 e. The number of nitrogens with one attached hydrogen (secondary N) is 1. The van der Waals surface area contributed by atoms with Crippen molar-refractivity contribution < 1.29 is 4.39 Å². The smallest absolute Gasteiger partial charge is 0.166 e. The van der Waals surface area contributed by atoms with Gasteiger partial charge in [0.25, 0.3) is 0 Å². The van der Waals surface area contributed by atoms with Crippen LogP contribution in [-0.4, -0.2) is 26.1 Å². The second kappa shape index (κ2) is 8.07. The van der Waals surface area contributed by atoms with Crippen LogP contribution >= 0.6 is 11.3 Å². The zero-order valence-corrected chi connectivity index (χ0v) is 18.2. The highest BCUT2D eigenvalue weighted by molar-refractivity contribution is 7.17. The number of anilines is 1. The van der Waals surface area contributed by atoms with Crippen molar-refractivity contribution in [3.63, 3.8) is 0 Å². The Morgan fingerprint density at radius 3 is 2.68 bits per heavy atom. The van der Waals surface area contributed by atoms with Crippen LogP contribution in [0.2, 0.25) is 0 Å². The van der Waals surface area contributed by atoms with Gasteiger partial charge in [0.05, 0.1) is 6.33 Å². The summed E-state index contributed by atoms with van der Waals surface area (Å²) < 4.78 is 16.4. The predicted octanol–water partition coefficient (Wildman–Crippen LogP) is 6.08. The molecule has 5 aromatic rings. The van der Waals surface area contributed by atoms with E-state index in [0.29, 0.717) is 12.4 Å². The van der Waals surface area contributed by atoms with Crippen molar-refractivity contribution in [1.29, 1.82) is 0 Å². The number of aromatic nitrogens is 4. The van der Waals surface area contributed by atoms with Crippen molar-refractivity contribution >= 4 is 38.4 Å². The third-order valence-corrected chi connectivity index (χ3v) is 6.28. The summed E-state index contributed by atoms with van der Waals surface area (Å²) in [7, 11) is 0. The fourth-order valence-corrected chi connectivity index (χ4v) is 4.60. The zero-order chi connectivity index (χ0) is 21.4. The molecule has 1 N–H and O–H groups in total. The molecule has 0 fully saturated rings. The number of halogens is 1. The van der Waals surface area contributed by atoms with Gasteiger partial charge in [0.2, 0.25) is 0 Å². The molecule has 7 heteroatoms. The van der Waals surface area contributed by atoms with Crippen molar-refractivity contribution in [3.8, 4) is 11.4 Å². The standard InChI is InChI=1S/C24H22FN5S/c1-15(2)30-14-27-21-23(26-12-11-16-7-9-17(25)10-8-16)28-22(29-24(21)30)19-13-31-20-6-4-3-5-18(19)20/h3-10,13-15H,11-12H2,1-2H3,(H,26,28,29). The van der Waals surface area contributed by atoms with E-state index < -0.39 is 0 Å². The second-order valence-electron chi connectivity index (χ2n) is 7.76. The number of nitrogens with zero attached hydrogens (tertiary/aromatic N) is 4. The molecule has 0 saturated carbocycles. The van der Waals surface area contributed by atoms with Gasteiger partial charge in [-0.1, -0.05) is 30.3 Å². The van der Waals surface area contributed by atoms with Crippen LogP contribution in [0.5, 0.6) is 0 Å². The molecular weight excluding hydrogens is 409 g/mol. The van der Waals surface area contributed by atoms with Gasteiger partial charge in [0.1, 0.15) is 11.3 Å². The quantitative estimate of drug-likeness (QED) is 0.354. The fourth-order valence-electron chi connectivity index (χ4n) is 3.67. The van der Waals surface area contributed by atoms with Crippen LogP contribution in [0.15, 0.2) is 60.2 Å². The lowest BCUT2D eigenvalue weighted by atomic mass is 10.1. The molecule has 0 aliphatic carbocycles. The summed E-state index contributed by atoms with van der Waals surface area (Å²) in [6.45, 7) is 4.89. The predicted molar refractivity (Wildman–Crippen MR) is 125 cm³/mol. The summed E-state index contributed by atoms with van der Waals surface area (Å²) in [5, 5.41) is 6.70. The zero-order valence-electron chi connectivity index (χ0n) is 17.3. The van der Waals surface area contributed by atoms with E-state index in [2.05, 4.69) is 46.2 Å². The highest BCUT2D eigenvalue weighted by Crippen LogP contribution is 2.34. The number of hydrogen-bond acceptors (Lipinski definition) is 5. The highest BCUT2D eigenvalue weighted by atomic mass is 32.1. The average molecular weight is 432 g/mol. The Balaban J connectivity index is 1.54. The average Bonchev–Trinajstić information content (AvgIpc) is 3.39. The SMILES string of the molecule is CC(C)n1cnc2c(NCCc3ccc(F)cc3)nc(-c3csc4ccccc34)nc21. The van der Waals surface area contributed by atoms with Gasteiger partial charge in [0, 0.05) is 33.6 Å². The van der Waals surface area contributed by atoms with Crippen LogP contribution < -0.4 is 5.32 Å². The summed E-state index contributed by atoms with van der Waals surface area (Å²) in [6.07, 6.45) is 2.58. The van der Waals surface area contributed by atoms with Crippen LogP contribution in [0.4, 0.5) is 10.2 Å². The molecule has 156 valence electrons. The Labute approximate surface area is 183 Å². The fraction of sp³-hybridized carbons (Fsp3) is 0.208. The van der Waals surface area contributed by atoms with Crippen LogP contribution in [0.3, 0.4) is 0 Å². The molecule has 31 heavy (non-hydrogen) atoms. The molecule has 0 unspecified atom stereocenters. The lowest BCUT2D eigenvalue weighted by Crippen LogP contribution is -2.09. The Morgan fingerprint density at radius 1 is 1.06 bits per heavy atom. The molecular formula is C24H22FN5S. The first-order valence-corrected chi connectivity index (χ1v) is 11.2. The Bertz CT molecular complexity index is 1350. The van der Waals surface area contributed by atoms with E-state index in [4.69, 9.17) is 9.97 Å². The first-order chi connectivity index (χ1) is 15.1. The molecule has 0 spiro atoms. The molecule has 0 aliphatic rings. The minimum atomic E-state index is -0.221. The third kappa shape index (κ3) is 3.77. The molecule has 0 aliphatic heterocycles. The van der Waals surface area contributed by atoms with Gasteiger partial charge < -0.3 is 9.88 Å². The minimum Gasteiger partial charge on any atom is -0.368 e. The van der Waals surface area contributed by atoms with E-state index >= 15 is 0 Å². The summed E-state index contributed by atoms with van der Waals surface area (Å²) in [4.78, 5) is 14.4. The summed E-state index contributed by atoms with van der Waals surface area (Å²) in [5.41, 5.74) is 3.67. The highest BCUT2D eigenvalue weighted by Gasteiger charge is 2.17. The molecule has 5 rings (SSSR count). The van der Waals surface area contributed by atoms with E-state index in [0.717, 1.165) is 39.9 Å². The van der Waals surface area contributed by atoms with Crippen LogP contribution in [0.25, 0.3) is 32.6 Å². The maximum atomic E-state index is 13.2. The van der Waals surface area contributed by atoms with E-state index in [1.165, 1.54) is 16.8 Å². The Hall–Kier alpha value is -3.32. The summed E-state index contributed by atoms with van der Waals surface area (Å²) in [6, 6.07) is 15.1. The van der Waals surface area contributed by atoms with Gasteiger partial charge in [-0.25, -0.2) is 19.3 Å². The van der Waals surface area contributed by atoms with E-state index in [1.54, 1.807) is 11.3 Å². The molecule has 0 radical (unpaired) electrons. The topological polar surface area (TPSA) is 55.6 Å². The summed E-state index contributed by atoms with van der Waals surface area (Å²) in [5.74, 6) is 1.19. The van der Waals surface area contributed by atoms with Crippen LogP contribution in [-0.2, 0) is 6.42 Å². The van der Waals surface area contributed by atoms with Gasteiger partial charge in [-0.2, -0.15) is 0 Å². The molecule has 0 saturated heterocycles. The Kier molecular flexibility index (Phi) is 5.11.